The molecule has 0 aromatic rings. The molecule has 2 rings (SSSR count). The zero-order valence-electron chi connectivity index (χ0n) is 6.58. The van der Waals surface area contributed by atoms with Crippen molar-refractivity contribution in [3.05, 3.63) is 0 Å². The third kappa shape index (κ3) is 1.11. The highest BCUT2D eigenvalue weighted by Gasteiger charge is 2.53. The summed E-state index contributed by atoms with van der Waals surface area (Å²) in [7, 11) is 0. The molecule has 2 saturated heterocycles. The zero-order chi connectivity index (χ0) is 7.90. The normalized spacial score (nSPS) is 38.8. The third-order valence-corrected chi connectivity index (χ3v) is 2.66. The third-order valence-electron chi connectivity index (χ3n) is 2.66. The maximum absolute atomic E-state index is 10.9. The highest BCUT2D eigenvalue weighted by Crippen LogP contribution is 2.32. The van der Waals surface area contributed by atoms with Crippen molar-refractivity contribution in [1.29, 1.82) is 0 Å². The minimum atomic E-state index is -0.766. The van der Waals surface area contributed by atoms with Crippen LogP contribution in [0.2, 0.25) is 0 Å². The Kier molecular flexibility index (Phi) is 2.61. The molecule has 2 aliphatic rings. The van der Waals surface area contributed by atoms with Crippen molar-refractivity contribution in [2.24, 2.45) is 5.92 Å². The van der Waals surface area contributed by atoms with Crippen LogP contribution in [0.25, 0.3) is 0 Å². The lowest BCUT2D eigenvalue weighted by molar-refractivity contribution is -0.145. The van der Waals surface area contributed by atoms with Crippen LogP contribution < -0.4 is 5.32 Å². The largest absolute Gasteiger partial charge is 0.480 e. The maximum Gasteiger partial charge on any atom is 0.326 e. The van der Waals surface area contributed by atoms with Gasteiger partial charge in [-0.05, 0) is 13.0 Å². The van der Waals surface area contributed by atoms with E-state index in [1.807, 2.05) is 0 Å². The van der Waals surface area contributed by atoms with Gasteiger partial charge in [-0.3, -0.25) is 10.1 Å². The number of hydrogen-bond acceptors (Lipinski definition) is 3. The van der Waals surface area contributed by atoms with E-state index >= 15 is 0 Å². The van der Waals surface area contributed by atoms with E-state index < -0.39 is 11.5 Å². The van der Waals surface area contributed by atoms with Crippen LogP contribution in [0, 0.1) is 5.92 Å². The molecule has 0 amide bonds. The minimum absolute atomic E-state index is 0. The molecule has 0 bridgehead atoms. The van der Waals surface area contributed by atoms with Crippen LogP contribution >= 0.6 is 12.4 Å². The molecule has 4 nitrogen and oxygen atoms in total. The summed E-state index contributed by atoms with van der Waals surface area (Å²) >= 11 is 0. The molecule has 0 spiro atoms. The molecule has 0 saturated carbocycles. The molecule has 70 valence electrons. The second kappa shape index (κ2) is 3.20. The van der Waals surface area contributed by atoms with Crippen LogP contribution in [-0.2, 0) is 9.53 Å². The van der Waals surface area contributed by atoms with Crippen LogP contribution in [0.3, 0.4) is 0 Å². The molecule has 2 aliphatic heterocycles. The first-order chi connectivity index (χ1) is 5.26. The fourth-order valence-electron chi connectivity index (χ4n) is 1.93. The molecule has 0 aliphatic carbocycles. The molecule has 0 aromatic carbocycles. The summed E-state index contributed by atoms with van der Waals surface area (Å²) in [6, 6.07) is 0. The first-order valence-electron chi connectivity index (χ1n) is 3.82. The Morgan fingerprint density at radius 3 is 3.00 bits per heavy atom. The van der Waals surface area contributed by atoms with Crippen LogP contribution in [0.1, 0.15) is 6.42 Å². The van der Waals surface area contributed by atoms with Crippen molar-refractivity contribution in [2.45, 2.75) is 12.0 Å². The van der Waals surface area contributed by atoms with Gasteiger partial charge in [-0.2, -0.15) is 0 Å². The van der Waals surface area contributed by atoms with Crippen LogP contribution in [0.15, 0.2) is 0 Å². The van der Waals surface area contributed by atoms with Crippen molar-refractivity contribution in [1.82, 2.24) is 5.32 Å². The Morgan fingerprint density at radius 1 is 1.67 bits per heavy atom. The maximum atomic E-state index is 10.9. The standard InChI is InChI=1S/C7H11NO3.ClH/c9-6(10)7-4-11-3-5(7)1-2-8-7;/h5,8H,1-4H2,(H,9,10);1H. The Balaban J connectivity index is 0.000000720. The number of aliphatic carboxylic acids is 1. The Hall–Kier alpha value is -0.320. The smallest absolute Gasteiger partial charge is 0.326 e. The van der Waals surface area contributed by atoms with Crippen molar-refractivity contribution in [3.63, 3.8) is 0 Å². The number of carboxylic acid groups (broad SMARTS) is 1. The van der Waals surface area contributed by atoms with E-state index in [0.717, 1.165) is 13.0 Å². The first-order valence-corrected chi connectivity index (χ1v) is 3.82. The summed E-state index contributed by atoms with van der Waals surface area (Å²) in [5.74, 6) is -0.586. The summed E-state index contributed by atoms with van der Waals surface area (Å²) in [5.41, 5.74) is -0.750. The van der Waals surface area contributed by atoms with Crippen molar-refractivity contribution in [2.75, 3.05) is 19.8 Å². The predicted molar refractivity (Wildman–Crippen MR) is 44.5 cm³/mol. The van der Waals surface area contributed by atoms with Crippen molar-refractivity contribution >= 4 is 18.4 Å². The summed E-state index contributed by atoms with van der Waals surface area (Å²) in [6.07, 6.45) is 0.923. The van der Waals surface area contributed by atoms with E-state index in [9.17, 15) is 4.79 Å². The van der Waals surface area contributed by atoms with E-state index in [0.29, 0.717) is 13.2 Å². The van der Waals surface area contributed by atoms with Crippen LogP contribution in [-0.4, -0.2) is 36.4 Å². The summed E-state index contributed by atoms with van der Waals surface area (Å²) in [4.78, 5) is 10.9. The molecule has 2 fully saturated rings. The van der Waals surface area contributed by atoms with E-state index in [1.54, 1.807) is 0 Å². The fourth-order valence-corrected chi connectivity index (χ4v) is 1.93. The second-order valence-corrected chi connectivity index (χ2v) is 3.20. The number of halogens is 1. The Morgan fingerprint density at radius 2 is 2.42 bits per heavy atom. The number of rotatable bonds is 1. The van der Waals surface area contributed by atoms with E-state index in [2.05, 4.69) is 5.32 Å². The SMILES string of the molecule is Cl.O=C(O)C12COCC1CCN2. The fraction of sp³-hybridized carbons (Fsp3) is 0.857. The first kappa shape index (κ1) is 9.77. The van der Waals surface area contributed by atoms with E-state index in [-0.39, 0.29) is 18.3 Å². The minimum Gasteiger partial charge on any atom is -0.480 e. The number of hydrogen-bond donors (Lipinski definition) is 2. The lowest BCUT2D eigenvalue weighted by atomic mass is 9.89. The van der Waals surface area contributed by atoms with Gasteiger partial charge in [-0.1, -0.05) is 0 Å². The second-order valence-electron chi connectivity index (χ2n) is 3.20. The van der Waals surface area contributed by atoms with Gasteiger partial charge < -0.3 is 9.84 Å². The zero-order valence-corrected chi connectivity index (χ0v) is 7.39. The molecule has 2 unspecified atom stereocenters. The average molecular weight is 194 g/mol. The average Bonchev–Trinajstić information content (AvgIpc) is 2.40. The number of carbonyl (C=O) groups is 1. The van der Waals surface area contributed by atoms with Gasteiger partial charge in [-0.15, -0.1) is 12.4 Å². The molecule has 12 heavy (non-hydrogen) atoms. The van der Waals surface area contributed by atoms with Gasteiger partial charge in [0.25, 0.3) is 0 Å². The van der Waals surface area contributed by atoms with Crippen molar-refractivity contribution in [3.8, 4) is 0 Å². The van der Waals surface area contributed by atoms with E-state index in [4.69, 9.17) is 9.84 Å². The highest BCUT2D eigenvalue weighted by molar-refractivity contribution is 5.85. The van der Waals surface area contributed by atoms with Gasteiger partial charge in [0.2, 0.25) is 0 Å². The summed E-state index contributed by atoms with van der Waals surface area (Å²) < 4.78 is 5.13. The van der Waals surface area contributed by atoms with Gasteiger partial charge in [0.05, 0.1) is 13.2 Å². The molecular formula is C7H12ClNO3. The van der Waals surface area contributed by atoms with Crippen LogP contribution in [0.5, 0.6) is 0 Å². The summed E-state index contributed by atoms with van der Waals surface area (Å²) in [5, 5.41) is 11.9. The van der Waals surface area contributed by atoms with E-state index in [1.165, 1.54) is 0 Å². The number of carboxylic acids is 1. The number of ether oxygens (including phenoxy) is 1. The summed E-state index contributed by atoms with van der Waals surface area (Å²) in [6.45, 7) is 1.73. The van der Waals surface area contributed by atoms with Crippen LogP contribution in [0.4, 0.5) is 0 Å². The monoisotopic (exact) mass is 193 g/mol. The van der Waals surface area contributed by atoms with Crippen molar-refractivity contribution < 1.29 is 14.6 Å². The highest BCUT2D eigenvalue weighted by atomic mass is 35.5. The topological polar surface area (TPSA) is 58.6 Å². The van der Waals surface area contributed by atoms with Gasteiger partial charge in [-0.25, -0.2) is 0 Å². The lowest BCUT2D eigenvalue weighted by Crippen LogP contribution is -2.52. The number of fused-ring (bicyclic) bond motifs is 1. The van der Waals surface area contributed by atoms with Gasteiger partial charge in [0.15, 0.2) is 0 Å². The Bertz CT molecular complexity index is 187. The quantitative estimate of drug-likeness (QED) is 0.609. The molecule has 0 aromatic heterocycles. The molecular weight excluding hydrogens is 182 g/mol. The van der Waals surface area contributed by atoms with Gasteiger partial charge in [0.1, 0.15) is 5.54 Å². The van der Waals surface area contributed by atoms with Gasteiger partial charge >= 0.3 is 5.97 Å². The lowest BCUT2D eigenvalue weighted by Gasteiger charge is -2.21. The molecule has 2 heterocycles. The molecule has 2 atom stereocenters. The molecule has 2 N–H and O–H groups in total. The molecule has 0 radical (unpaired) electrons. The molecule has 5 heteroatoms. The Labute approximate surface area is 76.7 Å². The number of nitrogens with one attached hydrogen (secondary N) is 1. The predicted octanol–water partition coefficient (Wildman–Crippen LogP) is -0.129. The van der Waals surface area contributed by atoms with Gasteiger partial charge in [0, 0.05) is 5.92 Å².